The van der Waals surface area contributed by atoms with E-state index in [0.717, 1.165) is 38.6 Å². The molecule has 3 heterocycles. The largest absolute Gasteiger partial charge is 0.361 e. The zero-order valence-electron chi connectivity index (χ0n) is 36.4. The van der Waals surface area contributed by atoms with Crippen LogP contribution in [0.3, 0.4) is 0 Å². The van der Waals surface area contributed by atoms with E-state index in [1.807, 2.05) is 74.8 Å². The van der Waals surface area contributed by atoms with E-state index >= 15 is 0 Å². The SMILES string of the molecule is CCCN(CC(=O)CCCS)C(=O)CN(CCc1c[nH]c2ccccc12)C(=O)CNC(=O)CN(CCCN)C(=O)CN(CCc1c[nH]c2ccccc12)C(=O)C(C)Cc1cnc[nH]1. The van der Waals surface area contributed by atoms with Crippen molar-refractivity contribution in [1.29, 1.82) is 0 Å². The fourth-order valence-corrected chi connectivity index (χ4v) is 7.78. The second-order valence-corrected chi connectivity index (χ2v) is 16.3. The van der Waals surface area contributed by atoms with Crippen LogP contribution in [0.25, 0.3) is 21.8 Å². The predicted molar refractivity (Wildman–Crippen MR) is 247 cm³/mol. The van der Waals surface area contributed by atoms with Crippen LogP contribution in [0.4, 0.5) is 0 Å². The van der Waals surface area contributed by atoms with Crippen LogP contribution in [-0.2, 0) is 48.0 Å². The van der Waals surface area contributed by atoms with Crippen LogP contribution in [0, 0.1) is 5.92 Å². The Kier molecular flexibility index (Phi) is 18.8. The molecular weight excluding hydrogens is 821 g/mol. The zero-order valence-corrected chi connectivity index (χ0v) is 37.3. The lowest BCUT2D eigenvalue weighted by atomic mass is 10.0. The van der Waals surface area contributed by atoms with Gasteiger partial charge in [-0.15, -0.1) is 0 Å². The number of aromatic amines is 3. The number of fused-ring (bicyclic) bond motifs is 2. The van der Waals surface area contributed by atoms with E-state index in [4.69, 9.17) is 5.73 Å². The highest BCUT2D eigenvalue weighted by molar-refractivity contribution is 7.80. The molecule has 1 unspecified atom stereocenters. The highest BCUT2D eigenvalue weighted by Crippen LogP contribution is 2.20. The number of hydrogen-bond donors (Lipinski definition) is 6. The van der Waals surface area contributed by atoms with Crippen LogP contribution in [-0.4, -0.2) is 146 Å². The number of hydrogen-bond acceptors (Lipinski definition) is 9. The van der Waals surface area contributed by atoms with E-state index in [1.54, 1.807) is 17.4 Å². The molecule has 2 aromatic carbocycles. The molecule has 5 aromatic rings. The van der Waals surface area contributed by atoms with E-state index in [1.165, 1.54) is 14.7 Å². The maximum absolute atomic E-state index is 14.1. The number of nitrogens with one attached hydrogen (secondary N) is 4. The molecule has 0 radical (unpaired) electrons. The van der Waals surface area contributed by atoms with Crippen molar-refractivity contribution >= 4 is 69.8 Å². The first-order valence-corrected chi connectivity index (χ1v) is 22.4. The second-order valence-electron chi connectivity index (χ2n) is 15.9. The Balaban J connectivity index is 1.26. The molecule has 5 rings (SSSR count). The number of thiol groups is 1. The van der Waals surface area contributed by atoms with Crippen molar-refractivity contribution in [3.63, 3.8) is 0 Å². The number of carbonyl (C=O) groups excluding carboxylic acids is 6. The quantitative estimate of drug-likeness (QED) is 0.0429. The van der Waals surface area contributed by atoms with Crippen molar-refractivity contribution in [3.05, 3.63) is 90.3 Å². The van der Waals surface area contributed by atoms with Gasteiger partial charge in [-0.25, -0.2) is 4.98 Å². The fraction of sp³-hybridized carbons (Fsp3) is 0.457. The van der Waals surface area contributed by atoms with E-state index in [2.05, 4.69) is 37.9 Å². The molecule has 0 aliphatic rings. The first-order valence-electron chi connectivity index (χ1n) is 21.8. The molecule has 0 fully saturated rings. The molecule has 0 aliphatic carbocycles. The summed E-state index contributed by atoms with van der Waals surface area (Å²) in [5, 5.41) is 4.70. The van der Waals surface area contributed by atoms with Crippen LogP contribution in [0.2, 0.25) is 0 Å². The number of nitrogens with two attached hydrogens (primary N) is 1. The van der Waals surface area contributed by atoms with Gasteiger partial charge in [-0.1, -0.05) is 50.2 Å². The Morgan fingerprint density at radius 3 is 1.90 bits per heavy atom. The third-order valence-electron chi connectivity index (χ3n) is 11.1. The average molecular weight is 883 g/mol. The maximum atomic E-state index is 14.1. The van der Waals surface area contributed by atoms with Crippen molar-refractivity contribution in [2.45, 2.75) is 58.8 Å². The Hall–Kier alpha value is -5.94. The van der Waals surface area contributed by atoms with Crippen molar-refractivity contribution in [2.75, 3.05) is 71.2 Å². The molecule has 3 aromatic heterocycles. The number of imidazole rings is 1. The predicted octanol–water partition coefficient (Wildman–Crippen LogP) is 3.50. The summed E-state index contributed by atoms with van der Waals surface area (Å²) in [5.74, 6) is -2.06. The number of amides is 5. The first-order chi connectivity index (χ1) is 30.5. The van der Waals surface area contributed by atoms with E-state index in [0.29, 0.717) is 57.2 Å². The van der Waals surface area contributed by atoms with Gasteiger partial charge < -0.3 is 45.6 Å². The van der Waals surface area contributed by atoms with Gasteiger partial charge in [-0.3, -0.25) is 28.8 Å². The minimum Gasteiger partial charge on any atom is -0.361 e. The highest BCUT2D eigenvalue weighted by atomic mass is 32.1. The molecule has 5 amide bonds. The summed E-state index contributed by atoms with van der Waals surface area (Å²) >= 11 is 4.20. The summed E-state index contributed by atoms with van der Waals surface area (Å²) in [6.07, 6.45) is 10.3. The van der Waals surface area contributed by atoms with Gasteiger partial charge in [0.25, 0.3) is 0 Å². The molecular formula is C46H62N10O6S. The molecule has 0 saturated heterocycles. The number of nitrogens with zero attached hydrogens (tertiary/aromatic N) is 5. The third kappa shape index (κ3) is 14.3. The van der Waals surface area contributed by atoms with Crippen LogP contribution in [0.1, 0.15) is 56.4 Å². The van der Waals surface area contributed by atoms with Crippen LogP contribution < -0.4 is 11.1 Å². The Labute approximate surface area is 374 Å². The molecule has 1 atom stereocenters. The van der Waals surface area contributed by atoms with Gasteiger partial charge >= 0.3 is 0 Å². The standard InChI is InChI=1S/C46H62N10O6S/c1-3-18-53(28-37(57)10-8-22-63)44(60)30-55(20-15-34-24-49-40-13-6-4-11-38(34)40)43(59)27-51-42(58)29-54(19-9-17-47)45(61)31-56(46(62)33(2)23-36-26-48-32-52-36)21-16-35-25-50-41-14-7-5-12-39(35)41/h4-7,11-14,24-26,32-33,49-50,63H,3,8-10,15-23,27-31,47H2,1-2H3,(H,48,52)(H,51,58). The first kappa shape index (κ1) is 48.1. The summed E-state index contributed by atoms with van der Waals surface area (Å²) in [4.78, 5) is 101. The number of H-pyrrole nitrogens is 3. The van der Waals surface area contributed by atoms with Crippen LogP contribution in [0.5, 0.6) is 0 Å². The zero-order chi connectivity index (χ0) is 45.1. The number of Topliss-reactive ketones (excluding diaryl/α,β-unsaturated/α-hetero) is 1. The molecule has 17 heteroatoms. The molecule has 0 aliphatic heterocycles. The van der Waals surface area contributed by atoms with Crippen LogP contribution in [0.15, 0.2) is 73.4 Å². The minimum atomic E-state index is -0.580. The normalized spacial score (nSPS) is 11.7. The van der Waals surface area contributed by atoms with Gasteiger partial charge in [0.05, 0.1) is 39.1 Å². The van der Waals surface area contributed by atoms with Gasteiger partial charge in [0.2, 0.25) is 29.5 Å². The Morgan fingerprint density at radius 1 is 0.730 bits per heavy atom. The number of ketones is 1. The summed E-state index contributed by atoms with van der Waals surface area (Å²) in [6, 6.07) is 15.7. The van der Waals surface area contributed by atoms with Crippen molar-refractivity contribution in [1.82, 2.24) is 44.9 Å². The number of aromatic nitrogens is 4. The molecule has 338 valence electrons. The van der Waals surface area contributed by atoms with Crippen molar-refractivity contribution in [2.24, 2.45) is 11.7 Å². The van der Waals surface area contributed by atoms with Crippen molar-refractivity contribution in [3.8, 4) is 0 Å². The number of rotatable bonds is 27. The average Bonchev–Trinajstić information content (AvgIpc) is 4.06. The lowest BCUT2D eigenvalue weighted by Crippen LogP contribution is -2.50. The van der Waals surface area contributed by atoms with Gasteiger partial charge in [0.1, 0.15) is 0 Å². The summed E-state index contributed by atoms with van der Waals surface area (Å²) in [6.45, 7) is 3.57. The van der Waals surface area contributed by atoms with Gasteiger partial charge in [-0.2, -0.15) is 12.6 Å². The second kappa shape index (κ2) is 24.6. The monoisotopic (exact) mass is 882 g/mol. The molecule has 0 bridgehead atoms. The molecule has 6 N–H and O–H groups in total. The van der Waals surface area contributed by atoms with E-state index in [-0.39, 0.29) is 70.0 Å². The summed E-state index contributed by atoms with van der Waals surface area (Å²) in [5.41, 5.74) is 10.5. The van der Waals surface area contributed by atoms with Crippen LogP contribution >= 0.6 is 12.6 Å². The summed E-state index contributed by atoms with van der Waals surface area (Å²) in [7, 11) is 0. The number of benzene rings is 2. The molecule has 0 saturated carbocycles. The van der Waals surface area contributed by atoms with Gasteiger partial charge in [-0.05, 0) is 67.7 Å². The Morgan fingerprint density at radius 2 is 1.32 bits per heavy atom. The Bertz CT molecular complexity index is 2270. The lowest BCUT2D eigenvalue weighted by Gasteiger charge is -2.29. The van der Waals surface area contributed by atoms with Gasteiger partial charge in [0, 0.05) is 91.0 Å². The lowest BCUT2D eigenvalue weighted by molar-refractivity contribution is -0.144. The number of para-hydroxylation sites is 2. The highest BCUT2D eigenvalue weighted by Gasteiger charge is 2.28. The number of carbonyl (C=O) groups is 6. The maximum Gasteiger partial charge on any atom is 0.242 e. The topological polar surface area (TPSA) is 214 Å². The molecule has 16 nitrogen and oxygen atoms in total. The third-order valence-corrected chi connectivity index (χ3v) is 11.4. The smallest absolute Gasteiger partial charge is 0.242 e. The van der Waals surface area contributed by atoms with E-state index < -0.39 is 30.2 Å². The minimum absolute atomic E-state index is 0.0520. The summed E-state index contributed by atoms with van der Waals surface area (Å²) < 4.78 is 0. The van der Waals surface area contributed by atoms with Gasteiger partial charge in [0.15, 0.2) is 5.78 Å². The molecule has 0 spiro atoms. The fourth-order valence-electron chi connectivity index (χ4n) is 7.62. The van der Waals surface area contributed by atoms with E-state index in [9.17, 15) is 28.8 Å². The van der Waals surface area contributed by atoms with Crippen molar-refractivity contribution < 1.29 is 28.8 Å². The molecule has 63 heavy (non-hydrogen) atoms.